The predicted molar refractivity (Wildman–Crippen MR) is 128 cm³/mol. The fraction of sp³-hybridized carbons (Fsp3) is 0.545. The van der Waals surface area contributed by atoms with Gasteiger partial charge in [-0.15, -0.1) is 0 Å². The molecule has 3 rings (SSSR count). The van der Waals surface area contributed by atoms with Gasteiger partial charge in [0.25, 0.3) is 0 Å². The second-order valence-electron chi connectivity index (χ2n) is 8.86. The molecule has 0 aromatic heterocycles. The lowest BCUT2D eigenvalue weighted by Crippen LogP contribution is -2.48. The number of fused-ring (bicyclic) bond motifs is 1. The molecule has 35 heavy (non-hydrogen) atoms. The van der Waals surface area contributed by atoms with Crippen LogP contribution in [0, 0.1) is 0 Å². The molecule has 2 aliphatic rings. The van der Waals surface area contributed by atoms with Crippen LogP contribution in [0.3, 0.4) is 0 Å². The van der Waals surface area contributed by atoms with Crippen molar-refractivity contribution in [2.24, 2.45) is 0 Å². The summed E-state index contributed by atoms with van der Waals surface area (Å²) in [6.45, 7) is 6.62. The average Bonchev–Trinajstić information content (AvgIpc) is 3.09. The number of hydrogen-bond acceptors (Lipinski definition) is 10. The molecule has 0 saturated carbocycles. The Morgan fingerprint density at radius 3 is 2.20 bits per heavy atom. The summed E-state index contributed by atoms with van der Waals surface area (Å²) in [5, 5.41) is 1.79. The lowest BCUT2D eigenvalue weighted by Gasteiger charge is -2.42. The molecule has 0 unspecified atom stereocenters. The third kappa shape index (κ3) is 4.67. The molecule has 1 amide bonds. The highest BCUT2D eigenvalue weighted by Crippen LogP contribution is 2.66. The highest BCUT2D eigenvalue weighted by Gasteiger charge is 2.50. The van der Waals surface area contributed by atoms with Crippen LogP contribution in [0.4, 0.5) is 0 Å². The Hall–Kier alpha value is -1.84. The molecular weight excluding hydrogens is 498 g/mol. The van der Waals surface area contributed by atoms with E-state index in [1.165, 1.54) is 35.4 Å². The molecule has 11 nitrogen and oxygen atoms in total. The van der Waals surface area contributed by atoms with E-state index < -0.39 is 38.4 Å². The zero-order valence-corrected chi connectivity index (χ0v) is 22.9. The number of ketones is 1. The summed E-state index contributed by atoms with van der Waals surface area (Å²) in [6, 6.07) is 4.93. The molecule has 2 atom stereocenters. The maximum Gasteiger partial charge on any atom is 0.364 e. The zero-order valence-electron chi connectivity index (χ0n) is 21.1. The Morgan fingerprint density at radius 2 is 1.74 bits per heavy atom. The van der Waals surface area contributed by atoms with Crippen LogP contribution in [-0.2, 0) is 41.6 Å². The average molecular weight is 530 g/mol. The van der Waals surface area contributed by atoms with E-state index >= 15 is 0 Å². The van der Waals surface area contributed by atoms with Gasteiger partial charge >= 0.3 is 15.2 Å². The Morgan fingerprint density at radius 1 is 1.14 bits per heavy atom. The Labute approximate surface area is 205 Å². The second kappa shape index (κ2) is 9.90. The molecule has 194 valence electrons. The molecule has 0 aliphatic carbocycles. The largest absolute Gasteiger partial charge is 0.473 e. The summed E-state index contributed by atoms with van der Waals surface area (Å²) < 4.78 is 54.3. The first-order valence-corrected chi connectivity index (χ1v) is 14.0. The molecule has 0 spiro atoms. The zero-order chi connectivity index (χ0) is 26.3. The van der Waals surface area contributed by atoms with Gasteiger partial charge in [0, 0.05) is 51.5 Å². The number of nitrogens with one attached hydrogen (secondary N) is 1. The molecular formula is C22H32N2O9P2. The minimum atomic E-state index is -3.97. The van der Waals surface area contributed by atoms with Crippen molar-refractivity contribution in [1.29, 1.82) is 0 Å². The van der Waals surface area contributed by atoms with Crippen molar-refractivity contribution in [3.8, 4) is 0 Å². The Kier molecular flexibility index (Phi) is 7.85. The predicted octanol–water partition coefficient (Wildman–Crippen LogP) is 4.52. The third-order valence-electron chi connectivity index (χ3n) is 6.25. The molecule has 2 aliphatic heterocycles. The Bertz CT molecular complexity index is 1150. The number of carbonyl (C=O) groups excluding carboxylic acids is 2. The number of benzene rings is 1. The van der Waals surface area contributed by atoms with Crippen molar-refractivity contribution in [2.75, 3.05) is 28.4 Å². The number of nitrogens with zero attached hydrogens (tertiary/aromatic N) is 1. The van der Waals surface area contributed by atoms with Crippen LogP contribution < -0.4 is 5.43 Å². The second-order valence-corrected chi connectivity index (χ2v) is 13.4. The van der Waals surface area contributed by atoms with Crippen molar-refractivity contribution < 1.29 is 41.6 Å². The summed E-state index contributed by atoms with van der Waals surface area (Å²) in [5.74, 6) is -0.430. The van der Waals surface area contributed by atoms with Crippen LogP contribution in [0.15, 0.2) is 24.0 Å². The molecule has 0 bridgehead atoms. The number of rotatable bonds is 9. The van der Waals surface area contributed by atoms with Gasteiger partial charge in [0.05, 0.1) is 0 Å². The van der Waals surface area contributed by atoms with Gasteiger partial charge < -0.3 is 22.8 Å². The monoisotopic (exact) mass is 530 g/mol. The van der Waals surface area contributed by atoms with Crippen molar-refractivity contribution >= 4 is 32.2 Å². The standard InChI is InChI=1S/C22H32N2O9P2/c1-13(25)19(34(27,29-5)30-6)15-10-9-11-16-18(15)21(24-22(3,4)12-17(26)23-24)33-14(2)20(16)35(28,31-7)32-8/h9-11,19,21H,12H2,1-8H3,(H,23,26)/t19-,21-/m1/s1. The molecule has 1 fully saturated rings. The van der Waals surface area contributed by atoms with Gasteiger partial charge in [-0.3, -0.25) is 24.1 Å². The lowest BCUT2D eigenvalue weighted by molar-refractivity contribution is -0.127. The topological polar surface area (TPSA) is 130 Å². The van der Waals surface area contributed by atoms with Crippen molar-refractivity contribution in [2.45, 2.75) is 51.5 Å². The van der Waals surface area contributed by atoms with Gasteiger partial charge in [0.1, 0.15) is 22.5 Å². The van der Waals surface area contributed by atoms with E-state index in [2.05, 4.69) is 5.43 Å². The molecule has 1 aromatic rings. The minimum Gasteiger partial charge on any atom is -0.473 e. The van der Waals surface area contributed by atoms with Gasteiger partial charge in [-0.25, -0.2) is 0 Å². The first-order chi connectivity index (χ1) is 16.3. The van der Waals surface area contributed by atoms with E-state index in [0.29, 0.717) is 11.1 Å². The quantitative estimate of drug-likeness (QED) is 0.455. The number of hydrazine groups is 1. The van der Waals surface area contributed by atoms with E-state index in [-0.39, 0.29) is 29.0 Å². The first-order valence-electron chi connectivity index (χ1n) is 10.8. The van der Waals surface area contributed by atoms with Crippen molar-refractivity contribution in [3.63, 3.8) is 0 Å². The number of ether oxygens (including phenoxy) is 1. The lowest BCUT2D eigenvalue weighted by atomic mass is 9.91. The maximum absolute atomic E-state index is 13.6. The number of amides is 1. The van der Waals surface area contributed by atoms with E-state index in [1.54, 1.807) is 30.1 Å². The third-order valence-corrected chi connectivity index (χ3v) is 10.6. The normalized spacial score (nSPS) is 21.4. The number of allylic oxidation sites excluding steroid dienone is 1. The van der Waals surface area contributed by atoms with Gasteiger partial charge in [-0.2, -0.15) is 5.01 Å². The number of hydrogen-bond donors (Lipinski definition) is 1. The van der Waals surface area contributed by atoms with Gasteiger partial charge in [-0.05, 0) is 33.3 Å². The van der Waals surface area contributed by atoms with Crippen LogP contribution in [0.25, 0.3) is 5.31 Å². The van der Waals surface area contributed by atoms with Gasteiger partial charge in [0.2, 0.25) is 5.91 Å². The smallest absolute Gasteiger partial charge is 0.364 e. The molecule has 13 heteroatoms. The van der Waals surface area contributed by atoms with E-state index in [0.717, 1.165) is 0 Å². The fourth-order valence-corrected chi connectivity index (χ4v) is 7.66. The highest BCUT2D eigenvalue weighted by molar-refractivity contribution is 7.65. The highest BCUT2D eigenvalue weighted by atomic mass is 31.2. The van der Waals surface area contributed by atoms with E-state index in [1.807, 2.05) is 13.8 Å². The number of carbonyl (C=O) groups is 2. The van der Waals surface area contributed by atoms with Crippen LogP contribution >= 0.6 is 15.2 Å². The fourth-order valence-electron chi connectivity index (χ4n) is 4.63. The van der Waals surface area contributed by atoms with Crippen LogP contribution in [0.5, 0.6) is 0 Å². The van der Waals surface area contributed by atoms with E-state index in [4.69, 9.17) is 22.8 Å². The molecule has 1 N–H and O–H groups in total. The van der Waals surface area contributed by atoms with Crippen LogP contribution in [0.2, 0.25) is 0 Å². The van der Waals surface area contributed by atoms with Crippen LogP contribution in [-0.4, -0.2) is 50.7 Å². The molecule has 2 heterocycles. The summed E-state index contributed by atoms with van der Waals surface area (Å²) in [6.07, 6.45) is -0.767. The summed E-state index contributed by atoms with van der Waals surface area (Å²) in [4.78, 5) is 25.2. The van der Waals surface area contributed by atoms with Gasteiger partial charge in [0.15, 0.2) is 6.23 Å². The molecule has 1 saturated heterocycles. The molecule has 0 radical (unpaired) electrons. The van der Waals surface area contributed by atoms with Crippen molar-refractivity contribution in [3.05, 3.63) is 40.6 Å². The summed E-state index contributed by atoms with van der Waals surface area (Å²) in [5.41, 5.74) is 1.88. The SMILES string of the molecule is COP(=O)(OC)C1=C(C)O[C@@H](N2NC(=O)CC2(C)C)c2c1cccc2[C@@H](C(C)=O)P(=O)(OC)OC. The van der Waals surface area contributed by atoms with Crippen molar-refractivity contribution in [1.82, 2.24) is 10.4 Å². The first kappa shape index (κ1) is 27.7. The Balaban J connectivity index is 2.41. The van der Waals surface area contributed by atoms with Gasteiger partial charge in [-0.1, -0.05) is 18.2 Å². The summed E-state index contributed by atoms with van der Waals surface area (Å²) >= 11 is 0. The molecule has 1 aromatic carbocycles. The maximum atomic E-state index is 13.6. The van der Waals surface area contributed by atoms with E-state index in [9.17, 15) is 18.7 Å². The summed E-state index contributed by atoms with van der Waals surface area (Å²) in [7, 11) is -2.89. The van der Waals surface area contributed by atoms with Crippen LogP contribution in [0.1, 0.15) is 62.7 Å². The minimum absolute atomic E-state index is 0.158. The number of Topliss-reactive ketones (excluding diaryl/α,β-unsaturated/α-hetero) is 1.